The van der Waals surface area contributed by atoms with E-state index in [1.807, 2.05) is 30.6 Å². The highest BCUT2D eigenvalue weighted by molar-refractivity contribution is 8.07. The predicted octanol–water partition coefficient (Wildman–Crippen LogP) is 3.15. The summed E-state index contributed by atoms with van der Waals surface area (Å²) in [5.41, 5.74) is 3.61. The first-order valence-electron chi connectivity index (χ1n) is 7.28. The highest BCUT2D eigenvalue weighted by Gasteiger charge is 2.29. The molecule has 0 radical (unpaired) electrons. The molecule has 1 aliphatic heterocycles. The molecule has 3 nitrogen and oxygen atoms in total. The van der Waals surface area contributed by atoms with E-state index in [1.54, 1.807) is 0 Å². The standard InChI is InChI=1S/C15H25N3S2/c1-9-13(6-7-16-5)10(2)18-15(17-9)14-8-19-11(3)12(4)20-14/h11-12,14,16H,6-8H2,1-5H3. The van der Waals surface area contributed by atoms with Crippen LogP contribution in [0.2, 0.25) is 0 Å². The van der Waals surface area contributed by atoms with Crippen molar-refractivity contribution in [2.75, 3.05) is 19.3 Å². The highest BCUT2D eigenvalue weighted by Crippen LogP contribution is 2.43. The first kappa shape index (κ1) is 16.1. The smallest absolute Gasteiger partial charge is 0.142 e. The Balaban J connectivity index is 2.17. The van der Waals surface area contributed by atoms with Gasteiger partial charge in [-0.05, 0) is 39.4 Å². The third kappa shape index (κ3) is 3.68. The van der Waals surface area contributed by atoms with Gasteiger partial charge in [-0.2, -0.15) is 11.8 Å². The van der Waals surface area contributed by atoms with Gasteiger partial charge in [0, 0.05) is 27.6 Å². The van der Waals surface area contributed by atoms with Crippen molar-refractivity contribution < 1.29 is 0 Å². The molecule has 5 heteroatoms. The first-order chi connectivity index (χ1) is 9.52. The van der Waals surface area contributed by atoms with Crippen LogP contribution in [0.1, 0.15) is 41.9 Å². The largest absolute Gasteiger partial charge is 0.319 e. The van der Waals surface area contributed by atoms with Gasteiger partial charge in [-0.25, -0.2) is 9.97 Å². The van der Waals surface area contributed by atoms with E-state index in [2.05, 4.69) is 33.0 Å². The topological polar surface area (TPSA) is 37.8 Å². The molecule has 0 saturated carbocycles. The van der Waals surface area contributed by atoms with E-state index in [4.69, 9.17) is 9.97 Å². The second-order valence-corrected chi connectivity index (χ2v) is 8.45. The molecular weight excluding hydrogens is 286 g/mol. The van der Waals surface area contributed by atoms with Gasteiger partial charge in [-0.15, -0.1) is 11.8 Å². The molecule has 2 rings (SSSR count). The number of likely N-dealkylation sites (N-methyl/N-ethyl adjacent to an activating group) is 1. The van der Waals surface area contributed by atoms with Crippen LogP contribution in [0.25, 0.3) is 0 Å². The molecule has 1 aromatic rings. The molecule has 0 amide bonds. The van der Waals surface area contributed by atoms with E-state index in [0.717, 1.165) is 41.2 Å². The zero-order valence-corrected chi connectivity index (χ0v) is 14.7. The number of rotatable bonds is 4. The van der Waals surface area contributed by atoms with Crippen molar-refractivity contribution in [2.45, 2.75) is 49.9 Å². The maximum atomic E-state index is 4.80. The van der Waals surface area contributed by atoms with Crippen molar-refractivity contribution in [2.24, 2.45) is 0 Å². The minimum atomic E-state index is 0.446. The van der Waals surface area contributed by atoms with E-state index < -0.39 is 0 Å². The number of nitrogens with one attached hydrogen (secondary N) is 1. The number of hydrogen-bond acceptors (Lipinski definition) is 5. The van der Waals surface area contributed by atoms with E-state index in [9.17, 15) is 0 Å². The third-order valence-electron chi connectivity index (χ3n) is 3.90. The zero-order valence-electron chi connectivity index (χ0n) is 13.1. The van der Waals surface area contributed by atoms with Gasteiger partial charge in [0.05, 0.1) is 5.25 Å². The quantitative estimate of drug-likeness (QED) is 0.924. The van der Waals surface area contributed by atoms with Crippen molar-refractivity contribution in [3.05, 3.63) is 22.8 Å². The highest BCUT2D eigenvalue weighted by atomic mass is 32.2. The van der Waals surface area contributed by atoms with Crippen LogP contribution in [-0.4, -0.2) is 39.8 Å². The average molecular weight is 312 g/mol. The van der Waals surface area contributed by atoms with Crippen LogP contribution in [0.5, 0.6) is 0 Å². The maximum absolute atomic E-state index is 4.80. The number of hydrogen-bond donors (Lipinski definition) is 1. The predicted molar refractivity (Wildman–Crippen MR) is 90.9 cm³/mol. The Morgan fingerprint density at radius 1 is 1.15 bits per heavy atom. The molecule has 0 aliphatic carbocycles. The second kappa shape index (κ2) is 7.14. The zero-order chi connectivity index (χ0) is 14.7. The minimum Gasteiger partial charge on any atom is -0.319 e. The van der Waals surface area contributed by atoms with Crippen LogP contribution < -0.4 is 5.32 Å². The fourth-order valence-corrected chi connectivity index (χ4v) is 5.28. The Morgan fingerprint density at radius 2 is 1.80 bits per heavy atom. The van der Waals surface area contributed by atoms with Crippen molar-refractivity contribution in [3.8, 4) is 0 Å². The van der Waals surface area contributed by atoms with Gasteiger partial charge >= 0.3 is 0 Å². The monoisotopic (exact) mass is 311 g/mol. The Hall–Kier alpha value is -0.260. The summed E-state index contributed by atoms with van der Waals surface area (Å²) in [5.74, 6) is 2.16. The summed E-state index contributed by atoms with van der Waals surface area (Å²) in [7, 11) is 1.98. The lowest BCUT2D eigenvalue weighted by molar-refractivity contribution is 0.761. The lowest BCUT2D eigenvalue weighted by Crippen LogP contribution is -2.23. The molecule has 2 heterocycles. The number of aromatic nitrogens is 2. The van der Waals surface area contributed by atoms with Crippen molar-refractivity contribution in [1.29, 1.82) is 0 Å². The van der Waals surface area contributed by atoms with Gasteiger partial charge in [0.1, 0.15) is 5.82 Å². The lowest BCUT2D eigenvalue weighted by atomic mass is 10.1. The van der Waals surface area contributed by atoms with Crippen molar-refractivity contribution in [1.82, 2.24) is 15.3 Å². The summed E-state index contributed by atoms with van der Waals surface area (Å²) in [6, 6.07) is 0. The number of thioether (sulfide) groups is 2. The molecule has 1 fully saturated rings. The average Bonchev–Trinajstić information content (AvgIpc) is 2.41. The molecule has 1 saturated heterocycles. The molecule has 0 bridgehead atoms. The first-order valence-corrected chi connectivity index (χ1v) is 9.27. The lowest BCUT2D eigenvalue weighted by Gasteiger charge is -2.30. The van der Waals surface area contributed by atoms with Gasteiger partial charge in [0.25, 0.3) is 0 Å². The van der Waals surface area contributed by atoms with Crippen LogP contribution in [-0.2, 0) is 6.42 Å². The van der Waals surface area contributed by atoms with Crippen molar-refractivity contribution >= 4 is 23.5 Å². The normalized spacial score (nSPS) is 26.8. The van der Waals surface area contributed by atoms with Gasteiger partial charge in [-0.1, -0.05) is 13.8 Å². The Bertz CT molecular complexity index is 441. The van der Waals surface area contributed by atoms with Gasteiger partial charge in [-0.3, -0.25) is 0 Å². The summed E-state index contributed by atoms with van der Waals surface area (Å²) in [5, 5.41) is 5.05. The van der Waals surface area contributed by atoms with Gasteiger partial charge in [0.2, 0.25) is 0 Å². The van der Waals surface area contributed by atoms with Crippen LogP contribution in [0.4, 0.5) is 0 Å². The molecule has 0 aromatic carbocycles. The molecule has 112 valence electrons. The molecule has 0 spiro atoms. The summed E-state index contributed by atoms with van der Waals surface area (Å²) in [4.78, 5) is 9.59. The van der Waals surface area contributed by atoms with Crippen LogP contribution >= 0.6 is 23.5 Å². The van der Waals surface area contributed by atoms with Gasteiger partial charge in [0.15, 0.2) is 0 Å². The maximum Gasteiger partial charge on any atom is 0.142 e. The van der Waals surface area contributed by atoms with Crippen LogP contribution in [0.3, 0.4) is 0 Å². The van der Waals surface area contributed by atoms with E-state index in [-0.39, 0.29) is 0 Å². The molecule has 20 heavy (non-hydrogen) atoms. The minimum absolute atomic E-state index is 0.446. The van der Waals surface area contributed by atoms with E-state index in [1.165, 1.54) is 5.56 Å². The molecule has 1 aliphatic rings. The molecule has 1 aromatic heterocycles. The number of nitrogens with zero attached hydrogens (tertiary/aromatic N) is 2. The Morgan fingerprint density at radius 3 is 2.35 bits per heavy atom. The molecule has 3 unspecified atom stereocenters. The second-order valence-electron chi connectivity index (χ2n) is 5.45. The molecule has 3 atom stereocenters. The van der Waals surface area contributed by atoms with Crippen LogP contribution in [0, 0.1) is 13.8 Å². The van der Waals surface area contributed by atoms with Crippen LogP contribution in [0.15, 0.2) is 0 Å². The summed E-state index contributed by atoms with van der Waals surface area (Å²) < 4.78 is 0. The SMILES string of the molecule is CNCCc1c(C)nc(C2CSC(C)C(C)S2)nc1C. The Labute approximate surface area is 131 Å². The fourth-order valence-electron chi connectivity index (χ4n) is 2.44. The third-order valence-corrected chi connectivity index (χ3v) is 7.29. The summed E-state index contributed by atoms with van der Waals surface area (Å²) >= 11 is 4.08. The van der Waals surface area contributed by atoms with E-state index in [0.29, 0.717) is 10.5 Å². The Kier molecular flexibility index (Phi) is 5.75. The van der Waals surface area contributed by atoms with E-state index >= 15 is 0 Å². The summed E-state index contributed by atoms with van der Waals surface area (Å²) in [6.07, 6.45) is 1.01. The number of aryl methyl sites for hydroxylation is 2. The van der Waals surface area contributed by atoms with Crippen molar-refractivity contribution in [3.63, 3.8) is 0 Å². The molecular formula is C15H25N3S2. The summed E-state index contributed by atoms with van der Waals surface area (Å²) in [6.45, 7) is 9.85. The van der Waals surface area contributed by atoms with Gasteiger partial charge < -0.3 is 5.32 Å². The molecule has 1 N–H and O–H groups in total. The fraction of sp³-hybridized carbons (Fsp3) is 0.733.